The Hall–Kier alpha value is -5.48. The summed E-state index contributed by atoms with van der Waals surface area (Å²) in [6.45, 7) is 9.17. The lowest BCUT2D eigenvalue weighted by atomic mass is 9.96. The molecule has 1 saturated heterocycles. The summed E-state index contributed by atoms with van der Waals surface area (Å²) in [5.74, 6) is 0.592. The number of carbonyl (C=O) groups is 1. The van der Waals surface area contributed by atoms with Gasteiger partial charge in [0.1, 0.15) is 17.7 Å². The number of fused-ring (bicyclic) bond motifs is 2. The van der Waals surface area contributed by atoms with Crippen molar-refractivity contribution < 1.29 is 13.9 Å². The minimum Gasteiger partial charge on any atom is -0.489 e. The Balaban J connectivity index is 1.22. The molecule has 0 bridgehead atoms. The SMILES string of the molecule is C=C(F)C(=O)Nc1ccc2c(-c3ccccc3CCc3nc(-c4cccc(OC5CCNC5)c4)nc4c(C(C)C)cnn34)nccc2c1. The minimum atomic E-state index is -1.04. The van der Waals surface area contributed by atoms with Gasteiger partial charge in [0.25, 0.3) is 5.91 Å². The first kappa shape index (κ1) is 31.1. The second-order valence-corrected chi connectivity index (χ2v) is 12.3. The fourth-order valence-corrected chi connectivity index (χ4v) is 6.16. The zero-order valence-electron chi connectivity index (χ0n) is 26.9. The molecule has 1 fully saturated rings. The van der Waals surface area contributed by atoms with Crippen LogP contribution < -0.4 is 15.4 Å². The molecule has 1 amide bonds. The Kier molecular flexibility index (Phi) is 8.65. The lowest BCUT2D eigenvalue weighted by Crippen LogP contribution is -2.19. The summed E-state index contributed by atoms with van der Waals surface area (Å²) in [6.07, 6.45) is 6.07. The van der Waals surface area contributed by atoms with E-state index in [1.165, 1.54) is 0 Å². The molecule has 0 spiro atoms. The Morgan fingerprint density at radius 3 is 2.77 bits per heavy atom. The fourth-order valence-electron chi connectivity index (χ4n) is 6.16. The Labute approximate surface area is 277 Å². The molecule has 1 atom stereocenters. The molecule has 2 N–H and O–H groups in total. The number of amides is 1. The molecule has 0 aliphatic carbocycles. The fraction of sp³-hybridized carbons (Fsp3) is 0.237. The highest BCUT2D eigenvalue weighted by atomic mass is 19.1. The number of halogens is 1. The maximum absolute atomic E-state index is 13.3. The third kappa shape index (κ3) is 6.39. The van der Waals surface area contributed by atoms with E-state index in [1.807, 2.05) is 59.2 Å². The number of pyridine rings is 1. The van der Waals surface area contributed by atoms with Crippen LogP contribution in [-0.2, 0) is 17.6 Å². The van der Waals surface area contributed by atoms with Crippen LogP contribution in [0, 0.1) is 0 Å². The van der Waals surface area contributed by atoms with Gasteiger partial charge in [0.15, 0.2) is 17.3 Å². The third-order valence-corrected chi connectivity index (χ3v) is 8.65. The van der Waals surface area contributed by atoms with Gasteiger partial charge < -0.3 is 15.4 Å². The van der Waals surface area contributed by atoms with Crippen molar-refractivity contribution in [3.8, 4) is 28.4 Å². The van der Waals surface area contributed by atoms with E-state index in [-0.39, 0.29) is 12.0 Å². The summed E-state index contributed by atoms with van der Waals surface area (Å²) in [4.78, 5) is 26.7. The molecular weight excluding hydrogens is 605 g/mol. The van der Waals surface area contributed by atoms with E-state index in [2.05, 4.69) is 43.2 Å². The van der Waals surface area contributed by atoms with E-state index in [1.54, 1.807) is 18.3 Å². The second-order valence-electron chi connectivity index (χ2n) is 12.3. The predicted molar refractivity (Wildman–Crippen MR) is 186 cm³/mol. The van der Waals surface area contributed by atoms with Crippen LogP contribution in [0.25, 0.3) is 39.1 Å². The molecule has 3 aromatic carbocycles. The highest BCUT2D eigenvalue weighted by Crippen LogP contribution is 2.32. The molecule has 0 saturated carbocycles. The highest BCUT2D eigenvalue weighted by Gasteiger charge is 2.19. The number of anilines is 1. The molecule has 242 valence electrons. The first-order valence-electron chi connectivity index (χ1n) is 16.2. The zero-order valence-corrected chi connectivity index (χ0v) is 26.9. The molecule has 1 aliphatic heterocycles. The molecule has 48 heavy (non-hydrogen) atoms. The number of ether oxygens (including phenoxy) is 1. The number of aromatic nitrogens is 5. The summed E-state index contributed by atoms with van der Waals surface area (Å²) in [7, 11) is 0. The quantitative estimate of drug-likeness (QED) is 0.154. The number of benzene rings is 3. The van der Waals surface area contributed by atoms with Gasteiger partial charge in [-0.05, 0) is 66.6 Å². The van der Waals surface area contributed by atoms with Crippen LogP contribution >= 0.6 is 0 Å². The van der Waals surface area contributed by atoms with Crippen LogP contribution in [0.1, 0.15) is 43.1 Å². The van der Waals surface area contributed by atoms with Gasteiger partial charge in [-0.2, -0.15) is 5.10 Å². The number of nitrogens with zero attached hydrogens (tertiary/aromatic N) is 5. The van der Waals surface area contributed by atoms with Crippen molar-refractivity contribution >= 4 is 28.0 Å². The maximum Gasteiger partial charge on any atom is 0.283 e. The largest absolute Gasteiger partial charge is 0.489 e. The second kappa shape index (κ2) is 13.3. The molecule has 0 radical (unpaired) electrons. The van der Waals surface area contributed by atoms with E-state index < -0.39 is 11.7 Å². The Morgan fingerprint density at radius 2 is 1.96 bits per heavy atom. The molecular formula is C38H36FN7O2. The van der Waals surface area contributed by atoms with E-state index in [9.17, 15) is 9.18 Å². The lowest BCUT2D eigenvalue weighted by molar-refractivity contribution is -0.114. The number of rotatable bonds is 10. The van der Waals surface area contributed by atoms with E-state index in [4.69, 9.17) is 24.8 Å². The van der Waals surface area contributed by atoms with Gasteiger partial charge in [0.2, 0.25) is 0 Å². The van der Waals surface area contributed by atoms with Crippen molar-refractivity contribution in [1.29, 1.82) is 0 Å². The van der Waals surface area contributed by atoms with Gasteiger partial charge in [0.05, 0.1) is 11.9 Å². The van der Waals surface area contributed by atoms with Gasteiger partial charge >= 0.3 is 0 Å². The van der Waals surface area contributed by atoms with Crippen molar-refractivity contribution in [2.24, 2.45) is 0 Å². The summed E-state index contributed by atoms with van der Waals surface area (Å²) < 4.78 is 21.4. The standard InChI is InChI=1S/C38H36FN7O2/c1-23(2)33-22-42-46-34(44-36(45-37(33)46)27-8-6-9-29(20-27)48-30-16-17-40-21-30)14-11-25-7-4-5-10-31(25)35-32-13-12-28(43-38(47)24(3)39)19-26(32)15-18-41-35/h4-10,12-13,15,18-20,22-23,30,40H,3,11,14,16-17,21H2,1-2H3,(H,43,47). The first-order chi connectivity index (χ1) is 23.3. The molecule has 7 rings (SSSR count). The van der Waals surface area contributed by atoms with Gasteiger partial charge in [-0.1, -0.05) is 62.9 Å². The summed E-state index contributed by atoms with van der Waals surface area (Å²) in [5, 5.41) is 12.4. The van der Waals surface area contributed by atoms with Crippen molar-refractivity contribution in [2.45, 2.75) is 45.1 Å². The minimum absolute atomic E-state index is 0.155. The van der Waals surface area contributed by atoms with Crippen molar-refractivity contribution in [2.75, 3.05) is 18.4 Å². The zero-order chi connectivity index (χ0) is 33.2. The molecule has 4 heterocycles. The summed E-state index contributed by atoms with van der Waals surface area (Å²) in [6, 6.07) is 23.5. The van der Waals surface area contributed by atoms with Crippen LogP contribution in [0.4, 0.5) is 10.1 Å². The van der Waals surface area contributed by atoms with Crippen LogP contribution in [0.3, 0.4) is 0 Å². The average molecular weight is 642 g/mol. The number of hydrogen-bond acceptors (Lipinski definition) is 7. The van der Waals surface area contributed by atoms with Gasteiger partial charge in [0, 0.05) is 46.9 Å². The molecule has 6 aromatic rings. The van der Waals surface area contributed by atoms with Gasteiger partial charge in [-0.3, -0.25) is 9.78 Å². The van der Waals surface area contributed by atoms with E-state index >= 15 is 0 Å². The van der Waals surface area contributed by atoms with Crippen LogP contribution in [0.2, 0.25) is 0 Å². The smallest absolute Gasteiger partial charge is 0.283 e. The van der Waals surface area contributed by atoms with Crippen LogP contribution in [0.15, 0.2) is 97.6 Å². The molecule has 9 nitrogen and oxygen atoms in total. The number of hydrogen-bond donors (Lipinski definition) is 2. The van der Waals surface area contributed by atoms with Gasteiger partial charge in [-0.25, -0.2) is 18.9 Å². The van der Waals surface area contributed by atoms with Crippen molar-refractivity contribution in [3.63, 3.8) is 0 Å². The first-order valence-corrected chi connectivity index (χ1v) is 16.2. The van der Waals surface area contributed by atoms with E-state index in [0.717, 1.165) is 75.5 Å². The topological polar surface area (TPSA) is 106 Å². The van der Waals surface area contributed by atoms with E-state index in [0.29, 0.717) is 24.4 Å². The molecule has 3 aromatic heterocycles. The summed E-state index contributed by atoms with van der Waals surface area (Å²) >= 11 is 0. The predicted octanol–water partition coefficient (Wildman–Crippen LogP) is 7.08. The van der Waals surface area contributed by atoms with Crippen LogP contribution in [0.5, 0.6) is 5.75 Å². The summed E-state index contributed by atoms with van der Waals surface area (Å²) in [5.41, 5.74) is 6.17. The van der Waals surface area contributed by atoms with Gasteiger partial charge in [-0.15, -0.1) is 0 Å². The van der Waals surface area contributed by atoms with Crippen molar-refractivity contribution in [3.05, 3.63) is 115 Å². The third-order valence-electron chi connectivity index (χ3n) is 8.65. The van der Waals surface area contributed by atoms with Crippen molar-refractivity contribution in [1.82, 2.24) is 29.9 Å². The number of aryl methyl sites for hydroxylation is 2. The average Bonchev–Trinajstić information content (AvgIpc) is 3.77. The number of nitrogens with one attached hydrogen (secondary N) is 2. The molecule has 10 heteroatoms. The highest BCUT2D eigenvalue weighted by molar-refractivity contribution is 6.04. The molecule has 1 unspecified atom stereocenters. The monoisotopic (exact) mass is 641 g/mol. The number of carbonyl (C=O) groups excluding carboxylic acids is 1. The Morgan fingerprint density at radius 1 is 1.08 bits per heavy atom. The lowest BCUT2D eigenvalue weighted by Gasteiger charge is -2.14. The maximum atomic E-state index is 13.3. The molecule has 1 aliphatic rings. The normalized spacial score (nSPS) is 14.5. The van der Waals surface area contributed by atoms with Crippen LogP contribution in [-0.4, -0.2) is 49.7 Å². The Bertz CT molecular complexity index is 2150.